The van der Waals surface area contributed by atoms with Crippen LogP contribution in [0.3, 0.4) is 0 Å². The summed E-state index contributed by atoms with van der Waals surface area (Å²) in [4.78, 5) is 24.1. The van der Waals surface area contributed by atoms with Crippen LogP contribution in [0.15, 0.2) is 54.6 Å². The zero-order valence-corrected chi connectivity index (χ0v) is 15.6. The minimum Gasteiger partial charge on any atom is -0.350 e. The molecule has 5 nitrogen and oxygen atoms in total. The van der Waals surface area contributed by atoms with Crippen molar-refractivity contribution in [1.82, 2.24) is 10.6 Å². The van der Waals surface area contributed by atoms with Gasteiger partial charge >= 0.3 is 0 Å². The third-order valence-corrected chi connectivity index (χ3v) is 3.97. The van der Waals surface area contributed by atoms with Crippen LogP contribution in [0.25, 0.3) is 0 Å². The van der Waals surface area contributed by atoms with E-state index >= 15 is 0 Å². The van der Waals surface area contributed by atoms with Crippen LogP contribution in [-0.4, -0.2) is 24.4 Å². The number of nitrogens with one attached hydrogen (secondary N) is 3. The van der Waals surface area contributed by atoms with Crippen LogP contribution in [0.5, 0.6) is 0 Å². The number of rotatable bonds is 8. The van der Waals surface area contributed by atoms with Crippen molar-refractivity contribution in [1.29, 1.82) is 0 Å². The van der Waals surface area contributed by atoms with Crippen LogP contribution in [-0.2, 0) is 4.79 Å². The summed E-state index contributed by atoms with van der Waals surface area (Å²) < 4.78 is 0. The highest BCUT2D eigenvalue weighted by Crippen LogP contribution is 2.15. The second kappa shape index (κ2) is 9.73. The minimum atomic E-state index is -0.117. The molecule has 0 aliphatic heterocycles. The van der Waals surface area contributed by atoms with Gasteiger partial charge in [0.1, 0.15) is 0 Å². The van der Waals surface area contributed by atoms with Crippen molar-refractivity contribution in [2.75, 3.05) is 11.9 Å². The van der Waals surface area contributed by atoms with Gasteiger partial charge in [-0.3, -0.25) is 9.59 Å². The number of hydrogen-bond acceptors (Lipinski definition) is 3. The van der Waals surface area contributed by atoms with Crippen molar-refractivity contribution in [2.24, 2.45) is 0 Å². The fourth-order valence-corrected chi connectivity index (χ4v) is 2.65. The molecule has 138 valence electrons. The molecular weight excluding hydrogens is 326 g/mol. The number of carbonyl (C=O) groups excluding carboxylic acids is 2. The molecule has 0 saturated carbocycles. The van der Waals surface area contributed by atoms with Gasteiger partial charge in [-0.05, 0) is 50.1 Å². The first-order valence-corrected chi connectivity index (χ1v) is 8.98. The maximum atomic E-state index is 12.2. The van der Waals surface area contributed by atoms with Gasteiger partial charge in [-0.15, -0.1) is 0 Å². The summed E-state index contributed by atoms with van der Waals surface area (Å²) >= 11 is 0. The molecular formula is C21H27N3O2. The maximum absolute atomic E-state index is 12.2. The standard InChI is InChI=1S/C21H27N3O2/c1-4-19(16-8-6-5-7-9-16)22-14-20(25)24-18-12-10-17(11-13-18)21(26)23-15(2)3/h5-13,15,19,22H,4,14H2,1-3H3,(H,23,26)(H,24,25). The van der Waals surface area contributed by atoms with E-state index in [2.05, 4.69) is 35.0 Å². The smallest absolute Gasteiger partial charge is 0.251 e. The van der Waals surface area contributed by atoms with Gasteiger partial charge in [-0.25, -0.2) is 0 Å². The lowest BCUT2D eigenvalue weighted by atomic mass is 10.0. The summed E-state index contributed by atoms with van der Waals surface area (Å²) in [5, 5.41) is 8.97. The van der Waals surface area contributed by atoms with E-state index in [1.807, 2.05) is 32.0 Å². The third kappa shape index (κ3) is 6.01. The van der Waals surface area contributed by atoms with E-state index in [9.17, 15) is 9.59 Å². The highest BCUT2D eigenvalue weighted by molar-refractivity contribution is 5.96. The molecule has 3 N–H and O–H groups in total. The quantitative estimate of drug-likeness (QED) is 0.680. The Bertz CT molecular complexity index is 712. The fraction of sp³-hybridized carbons (Fsp3) is 0.333. The molecule has 0 aromatic heterocycles. The Morgan fingerprint density at radius 3 is 2.19 bits per heavy atom. The maximum Gasteiger partial charge on any atom is 0.251 e. The molecule has 0 radical (unpaired) electrons. The molecule has 0 aliphatic carbocycles. The Balaban J connectivity index is 1.86. The first-order valence-electron chi connectivity index (χ1n) is 8.98. The average molecular weight is 353 g/mol. The van der Waals surface area contributed by atoms with E-state index in [1.165, 1.54) is 5.56 Å². The summed E-state index contributed by atoms with van der Waals surface area (Å²) in [6, 6.07) is 17.2. The number of benzene rings is 2. The number of amides is 2. The molecule has 2 amide bonds. The Morgan fingerprint density at radius 1 is 0.962 bits per heavy atom. The lowest BCUT2D eigenvalue weighted by Crippen LogP contribution is -2.31. The molecule has 0 heterocycles. The Hall–Kier alpha value is -2.66. The second-order valence-electron chi connectivity index (χ2n) is 6.51. The van der Waals surface area contributed by atoms with Gasteiger partial charge in [0, 0.05) is 23.3 Å². The van der Waals surface area contributed by atoms with Gasteiger partial charge in [0.25, 0.3) is 5.91 Å². The van der Waals surface area contributed by atoms with Crippen molar-refractivity contribution in [2.45, 2.75) is 39.3 Å². The third-order valence-electron chi connectivity index (χ3n) is 3.97. The number of carbonyl (C=O) groups is 2. The average Bonchev–Trinajstić information content (AvgIpc) is 2.63. The molecule has 0 spiro atoms. The molecule has 0 saturated heterocycles. The van der Waals surface area contributed by atoms with Gasteiger partial charge in [0.15, 0.2) is 0 Å². The minimum absolute atomic E-state index is 0.0871. The topological polar surface area (TPSA) is 70.2 Å². The van der Waals surface area contributed by atoms with Gasteiger partial charge in [0.05, 0.1) is 6.54 Å². The van der Waals surface area contributed by atoms with E-state index < -0.39 is 0 Å². The molecule has 0 aliphatic rings. The van der Waals surface area contributed by atoms with Crippen molar-refractivity contribution < 1.29 is 9.59 Å². The van der Waals surface area contributed by atoms with Crippen LogP contribution in [0.4, 0.5) is 5.69 Å². The van der Waals surface area contributed by atoms with E-state index in [0.29, 0.717) is 11.3 Å². The summed E-state index contributed by atoms with van der Waals surface area (Å²) in [7, 11) is 0. The van der Waals surface area contributed by atoms with Gasteiger partial charge < -0.3 is 16.0 Å². The van der Waals surface area contributed by atoms with Gasteiger partial charge in [0.2, 0.25) is 5.91 Å². The van der Waals surface area contributed by atoms with Crippen LogP contribution in [0.2, 0.25) is 0 Å². The highest BCUT2D eigenvalue weighted by Gasteiger charge is 2.11. The SMILES string of the molecule is CCC(NCC(=O)Nc1ccc(C(=O)NC(C)C)cc1)c1ccccc1. The summed E-state index contributed by atoms with van der Waals surface area (Å²) in [5.74, 6) is -0.230. The normalized spacial score (nSPS) is 11.8. The summed E-state index contributed by atoms with van der Waals surface area (Å²) in [6.07, 6.45) is 0.900. The molecule has 1 unspecified atom stereocenters. The summed E-state index contributed by atoms with van der Waals surface area (Å²) in [5.41, 5.74) is 2.42. The van der Waals surface area contributed by atoms with Crippen LogP contribution < -0.4 is 16.0 Å². The molecule has 2 aromatic rings. The number of anilines is 1. The lowest BCUT2D eigenvalue weighted by Gasteiger charge is -2.17. The predicted octanol–water partition coefficient (Wildman–Crippen LogP) is 3.50. The Labute approximate surface area is 155 Å². The van der Waals surface area contributed by atoms with Gasteiger partial charge in [-0.1, -0.05) is 37.3 Å². The Morgan fingerprint density at radius 2 is 1.62 bits per heavy atom. The van der Waals surface area contributed by atoms with Crippen molar-refractivity contribution in [3.63, 3.8) is 0 Å². The van der Waals surface area contributed by atoms with E-state index in [0.717, 1.165) is 6.42 Å². The van der Waals surface area contributed by atoms with Crippen LogP contribution in [0.1, 0.15) is 49.2 Å². The Kier molecular flexibility index (Phi) is 7.36. The number of hydrogen-bond donors (Lipinski definition) is 3. The zero-order chi connectivity index (χ0) is 18.9. The molecule has 2 aromatic carbocycles. The van der Waals surface area contributed by atoms with E-state index in [4.69, 9.17) is 0 Å². The largest absolute Gasteiger partial charge is 0.350 e. The molecule has 26 heavy (non-hydrogen) atoms. The highest BCUT2D eigenvalue weighted by atomic mass is 16.2. The molecule has 5 heteroatoms. The second-order valence-corrected chi connectivity index (χ2v) is 6.51. The van der Waals surface area contributed by atoms with Crippen molar-refractivity contribution in [3.8, 4) is 0 Å². The van der Waals surface area contributed by atoms with Crippen LogP contribution >= 0.6 is 0 Å². The zero-order valence-electron chi connectivity index (χ0n) is 15.6. The summed E-state index contributed by atoms with van der Waals surface area (Å²) in [6.45, 7) is 6.14. The van der Waals surface area contributed by atoms with Crippen LogP contribution in [0, 0.1) is 0 Å². The monoisotopic (exact) mass is 353 g/mol. The first kappa shape index (κ1) is 19.7. The van der Waals surface area contributed by atoms with E-state index in [-0.39, 0.29) is 30.4 Å². The molecule has 0 fully saturated rings. The molecule has 2 rings (SSSR count). The molecule has 1 atom stereocenters. The van der Waals surface area contributed by atoms with Gasteiger partial charge in [-0.2, -0.15) is 0 Å². The first-order chi connectivity index (χ1) is 12.5. The molecule has 0 bridgehead atoms. The fourth-order valence-electron chi connectivity index (χ4n) is 2.65. The van der Waals surface area contributed by atoms with Crippen molar-refractivity contribution >= 4 is 17.5 Å². The predicted molar refractivity (Wildman–Crippen MR) is 105 cm³/mol. The van der Waals surface area contributed by atoms with Crippen molar-refractivity contribution in [3.05, 3.63) is 65.7 Å². The van der Waals surface area contributed by atoms with E-state index in [1.54, 1.807) is 24.3 Å². The lowest BCUT2D eigenvalue weighted by molar-refractivity contribution is -0.115.